The number of benzene rings is 1. The molecule has 7 heteroatoms. The molecule has 3 heterocycles. The number of aromatic nitrogens is 2. The van der Waals surface area contributed by atoms with Crippen LogP contribution >= 0.6 is 36.2 Å². The summed E-state index contributed by atoms with van der Waals surface area (Å²) in [5.74, 6) is 1.45. The highest BCUT2D eigenvalue weighted by atomic mass is 35.5. The van der Waals surface area contributed by atoms with Gasteiger partial charge in [-0.1, -0.05) is 41.7 Å². The quantitative estimate of drug-likeness (QED) is 0.617. The van der Waals surface area contributed by atoms with Crippen molar-refractivity contribution in [3.8, 4) is 10.4 Å². The number of thiazole rings is 1. The van der Waals surface area contributed by atoms with Crippen LogP contribution < -0.4 is 10.6 Å². The van der Waals surface area contributed by atoms with E-state index in [-0.39, 0.29) is 24.8 Å². The molecule has 0 radical (unpaired) electrons. The number of nitrogens with one attached hydrogen (secondary N) is 2. The Hall–Kier alpha value is -1.66. The molecule has 138 valence electrons. The molecule has 4 nitrogen and oxygen atoms in total. The lowest BCUT2D eigenvalue weighted by Crippen LogP contribution is -2.28. The Labute approximate surface area is 170 Å². The van der Waals surface area contributed by atoms with Gasteiger partial charge in [0.1, 0.15) is 5.82 Å². The minimum absolute atomic E-state index is 0. The normalized spacial score (nSPS) is 16.2. The highest BCUT2D eigenvalue weighted by Crippen LogP contribution is 2.31. The maximum Gasteiger partial charge on any atom is 0.188 e. The fourth-order valence-corrected chi connectivity index (χ4v) is 3.91. The molecule has 1 unspecified atom stereocenters. The lowest BCUT2D eigenvalue weighted by atomic mass is 9.92. The maximum absolute atomic E-state index is 4.49. The lowest BCUT2D eigenvalue weighted by Gasteiger charge is -2.23. The van der Waals surface area contributed by atoms with Crippen LogP contribution in [0.4, 0.5) is 10.9 Å². The summed E-state index contributed by atoms with van der Waals surface area (Å²) in [6, 6.07) is 14.6. The molecule has 1 aliphatic heterocycles. The molecular weight excluding hydrogens is 387 g/mol. The number of hydrogen-bond acceptors (Lipinski definition) is 5. The van der Waals surface area contributed by atoms with E-state index in [9.17, 15) is 0 Å². The monoisotopic (exact) mass is 408 g/mol. The molecular formula is C19H22Cl2N4S. The van der Waals surface area contributed by atoms with Crippen molar-refractivity contribution in [2.75, 3.05) is 18.4 Å². The van der Waals surface area contributed by atoms with Crippen LogP contribution in [-0.4, -0.2) is 23.1 Å². The van der Waals surface area contributed by atoms with Crippen molar-refractivity contribution < 1.29 is 0 Å². The van der Waals surface area contributed by atoms with Crippen molar-refractivity contribution in [3.63, 3.8) is 0 Å². The number of halogens is 2. The molecule has 2 N–H and O–H groups in total. The molecule has 2 aromatic heterocycles. The van der Waals surface area contributed by atoms with Gasteiger partial charge in [-0.15, -0.1) is 24.8 Å². The molecule has 1 saturated heterocycles. The molecule has 26 heavy (non-hydrogen) atoms. The van der Waals surface area contributed by atoms with Crippen LogP contribution in [0, 0.1) is 0 Å². The first kappa shape index (κ1) is 20.6. The third-order valence-corrected chi connectivity index (χ3v) is 5.31. The Bertz CT molecular complexity index is 804. The van der Waals surface area contributed by atoms with Gasteiger partial charge < -0.3 is 10.6 Å². The Morgan fingerprint density at radius 1 is 1.08 bits per heavy atom. The Balaban J connectivity index is 0.00000121. The van der Waals surface area contributed by atoms with E-state index in [1.165, 1.54) is 24.0 Å². The molecule has 1 aliphatic rings. The first-order valence-electron chi connectivity index (χ1n) is 8.33. The molecule has 1 atom stereocenters. The van der Waals surface area contributed by atoms with Gasteiger partial charge in [0.2, 0.25) is 0 Å². The average molecular weight is 409 g/mol. The molecule has 1 fully saturated rings. The van der Waals surface area contributed by atoms with Crippen LogP contribution in [0.1, 0.15) is 24.3 Å². The first-order chi connectivity index (χ1) is 11.9. The predicted molar refractivity (Wildman–Crippen MR) is 114 cm³/mol. The number of anilines is 2. The van der Waals surface area contributed by atoms with E-state index in [0.29, 0.717) is 5.92 Å². The molecule has 0 spiro atoms. The van der Waals surface area contributed by atoms with Gasteiger partial charge in [0.25, 0.3) is 0 Å². The SMILES string of the molecule is Cl.Cl.c1ccc(-c2cnc(Nc3cc(C4CCCNC4)ccn3)s2)cc1. The fraction of sp³-hybridized carbons (Fsp3) is 0.263. The van der Waals surface area contributed by atoms with E-state index in [2.05, 4.69) is 44.9 Å². The Kier molecular flexibility index (Phi) is 7.85. The van der Waals surface area contributed by atoms with Crippen molar-refractivity contribution in [1.82, 2.24) is 15.3 Å². The minimum atomic E-state index is 0. The second-order valence-corrected chi connectivity index (χ2v) is 7.07. The van der Waals surface area contributed by atoms with Crippen LogP contribution in [0.25, 0.3) is 10.4 Å². The number of piperidine rings is 1. The largest absolute Gasteiger partial charge is 0.316 e. The van der Waals surface area contributed by atoms with Gasteiger partial charge in [-0.25, -0.2) is 9.97 Å². The van der Waals surface area contributed by atoms with Crippen molar-refractivity contribution in [2.24, 2.45) is 0 Å². The fourth-order valence-electron chi connectivity index (χ4n) is 3.08. The van der Waals surface area contributed by atoms with E-state index in [1.807, 2.05) is 30.6 Å². The van der Waals surface area contributed by atoms with Crippen LogP contribution in [0.5, 0.6) is 0 Å². The summed E-state index contributed by atoms with van der Waals surface area (Å²) in [6.07, 6.45) is 6.28. The Morgan fingerprint density at radius 3 is 2.69 bits per heavy atom. The molecule has 0 saturated carbocycles. The van der Waals surface area contributed by atoms with Crippen LogP contribution in [0.15, 0.2) is 54.9 Å². The van der Waals surface area contributed by atoms with Crippen LogP contribution in [0.2, 0.25) is 0 Å². The van der Waals surface area contributed by atoms with E-state index in [4.69, 9.17) is 0 Å². The van der Waals surface area contributed by atoms with Gasteiger partial charge in [-0.05, 0) is 48.6 Å². The van der Waals surface area contributed by atoms with Gasteiger partial charge in [-0.2, -0.15) is 0 Å². The zero-order chi connectivity index (χ0) is 16.2. The van der Waals surface area contributed by atoms with Crippen molar-refractivity contribution >= 4 is 47.1 Å². The summed E-state index contributed by atoms with van der Waals surface area (Å²) < 4.78 is 0. The summed E-state index contributed by atoms with van der Waals surface area (Å²) in [5, 5.41) is 7.70. The standard InChI is InChI=1S/C19H20N4S.2ClH/c1-2-5-14(6-3-1)17-13-22-19(24-17)23-18-11-15(8-10-21-18)16-7-4-9-20-12-16;;/h1-3,5-6,8,10-11,13,16,20H,4,7,9,12H2,(H,21,22,23);2*1H. The summed E-state index contributed by atoms with van der Waals surface area (Å²) in [7, 11) is 0. The zero-order valence-corrected chi connectivity index (χ0v) is 16.7. The molecule has 0 bridgehead atoms. The highest BCUT2D eigenvalue weighted by molar-refractivity contribution is 7.18. The van der Waals surface area contributed by atoms with E-state index in [1.54, 1.807) is 11.3 Å². The predicted octanol–water partition coefficient (Wildman–Crippen LogP) is 5.26. The number of hydrogen-bond donors (Lipinski definition) is 2. The number of pyridine rings is 1. The van der Waals surface area contributed by atoms with Crippen LogP contribution in [-0.2, 0) is 0 Å². The minimum Gasteiger partial charge on any atom is -0.316 e. The van der Waals surface area contributed by atoms with Gasteiger partial charge in [0.15, 0.2) is 5.13 Å². The van der Waals surface area contributed by atoms with E-state index >= 15 is 0 Å². The van der Waals surface area contributed by atoms with Gasteiger partial charge >= 0.3 is 0 Å². The van der Waals surface area contributed by atoms with Crippen molar-refractivity contribution in [3.05, 3.63) is 60.4 Å². The third kappa shape index (κ3) is 4.95. The molecule has 4 rings (SSSR count). The van der Waals surface area contributed by atoms with Gasteiger partial charge in [-0.3, -0.25) is 0 Å². The smallest absolute Gasteiger partial charge is 0.188 e. The topological polar surface area (TPSA) is 49.8 Å². The maximum atomic E-state index is 4.49. The Morgan fingerprint density at radius 2 is 1.92 bits per heavy atom. The molecule has 0 aliphatic carbocycles. The second-order valence-electron chi connectivity index (χ2n) is 6.04. The van der Waals surface area contributed by atoms with E-state index in [0.717, 1.165) is 28.9 Å². The average Bonchev–Trinajstić information content (AvgIpc) is 3.12. The second kappa shape index (κ2) is 9.88. The summed E-state index contributed by atoms with van der Waals surface area (Å²) in [4.78, 5) is 10.1. The number of nitrogens with zero attached hydrogens (tertiary/aromatic N) is 2. The van der Waals surface area contributed by atoms with Crippen LogP contribution in [0.3, 0.4) is 0 Å². The molecule has 3 aromatic rings. The highest BCUT2D eigenvalue weighted by Gasteiger charge is 2.15. The lowest BCUT2D eigenvalue weighted by molar-refractivity contribution is 0.461. The summed E-state index contributed by atoms with van der Waals surface area (Å²) in [6.45, 7) is 2.19. The van der Waals surface area contributed by atoms with Crippen molar-refractivity contribution in [1.29, 1.82) is 0 Å². The van der Waals surface area contributed by atoms with Gasteiger partial charge in [0.05, 0.1) is 4.88 Å². The van der Waals surface area contributed by atoms with Gasteiger partial charge in [0, 0.05) is 18.9 Å². The van der Waals surface area contributed by atoms with E-state index < -0.39 is 0 Å². The van der Waals surface area contributed by atoms with Crippen molar-refractivity contribution in [2.45, 2.75) is 18.8 Å². The first-order valence-corrected chi connectivity index (χ1v) is 9.15. The summed E-state index contributed by atoms with van der Waals surface area (Å²) in [5.41, 5.74) is 2.54. The molecule has 0 amide bonds. The third-order valence-electron chi connectivity index (χ3n) is 4.35. The zero-order valence-electron chi connectivity index (χ0n) is 14.2. The number of rotatable bonds is 4. The molecule has 1 aromatic carbocycles. The summed E-state index contributed by atoms with van der Waals surface area (Å²) >= 11 is 1.65.